The van der Waals surface area contributed by atoms with E-state index in [1.165, 1.54) is 7.11 Å². The van der Waals surface area contributed by atoms with Crippen molar-refractivity contribution < 1.29 is 104 Å². The minimum absolute atomic E-state index is 0.0678. The molecular weight excluding hydrogens is 913 g/mol. The molecule has 0 spiro atoms. The van der Waals surface area contributed by atoms with Crippen molar-refractivity contribution >= 4 is 11.9 Å². The zero-order valence-electron chi connectivity index (χ0n) is 40.3. The van der Waals surface area contributed by atoms with Crippen LogP contribution in [0.25, 0.3) is 0 Å². The van der Waals surface area contributed by atoms with E-state index in [0.29, 0.717) is 38.5 Å². The van der Waals surface area contributed by atoms with Crippen molar-refractivity contribution in [2.24, 2.45) is 50.2 Å². The lowest BCUT2D eigenvalue weighted by molar-refractivity contribution is -0.357. The number of fused-ring (bicyclic) bond motifs is 7. The van der Waals surface area contributed by atoms with E-state index in [9.17, 15) is 70.9 Å². The van der Waals surface area contributed by atoms with E-state index < -0.39 is 175 Å². The molecule has 394 valence electrons. The van der Waals surface area contributed by atoms with Gasteiger partial charge < -0.3 is 94.4 Å². The predicted molar refractivity (Wildman–Crippen MR) is 233 cm³/mol. The SMILES string of the molecule is COC(=O)[C@@]1(C)CC[C@]2(C(=O)O[C@@H]3O[C@H](CO)[C@@H](O)[C@H](O)[C@H]3O)CC[C@]3(C)C(=CCC4[C@@]5(C)C[C@H](O)[C@H](O[C@@H]6OC[C@@H](O[C@@H]7O[C@H](CO)[C@@H](O)[C@H](O)[C@H]7O)[C@H](O)[C@H]6O)[C@@](C)(CO)C5CC[C@]43C)[C@@H]2C1. The molecule has 8 rings (SSSR count). The summed E-state index contributed by atoms with van der Waals surface area (Å²) in [4.78, 5) is 28.3. The molecule has 3 saturated heterocycles. The molecule has 0 aromatic carbocycles. The fourth-order valence-corrected chi connectivity index (χ4v) is 15.1. The van der Waals surface area contributed by atoms with Crippen molar-refractivity contribution in [2.45, 2.75) is 191 Å². The molecule has 3 aliphatic heterocycles. The Hall–Kier alpha value is -2.00. The van der Waals surface area contributed by atoms with Crippen LogP contribution in [0.3, 0.4) is 0 Å². The minimum atomic E-state index is -1.80. The number of aliphatic hydroxyl groups excluding tert-OH is 12. The fourth-order valence-electron chi connectivity index (χ4n) is 15.1. The largest absolute Gasteiger partial charge is 0.469 e. The smallest absolute Gasteiger partial charge is 0.315 e. The van der Waals surface area contributed by atoms with Gasteiger partial charge in [-0.1, -0.05) is 39.3 Å². The first-order valence-electron chi connectivity index (χ1n) is 24.5. The van der Waals surface area contributed by atoms with Gasteiger partial charge in [-0.3, -0.25) is 9.59 Å². The average Bonchev–Trinajstić information content (AvgIpc) is 3.32. The molecule has 8 aliphatic rings. The van der Waals surface area contributed by atoms with E-state index >= 15 is 0 Å². The van der Waals surface area contributed by atoms with E-state index in [4.69, 9.17) is 33.2 Å². The Morgan fingerprint density at radius 2 is 1.26 bits per heavy atom. The van der Waals surface area contributed by atoms with Crippen LogP contribution < -0.4 is 0 Å². The number of ether oxygens (including phenoxy) is 7. The van der Waals surface area contributed by atoms with Crippen LogP contribution in [0.4, 0.5) is 0 Å². The van der Waals surface area contributed by atoms with Crippen molar-refractivity contribution in [3.8, 4) is 0 Å². The van der Waals surface area contributed by atoms with Gasteiger partial charge in [-0.25, -0.2) is 0 Å². The first kappa shape index (κ1) is 53.3. The van der Waals surface area contributed by atoms with Crippen LogP contribution >= 0.6 is 0 Å². The minimum Gasteiger partial charge on any atom is -0.469 e. The van der Waals surface area contributed by atoms with Crippen molar-refractivity contribution in [1.82, 2.24) is 0 Å². The summed E-state index contributed by atoms with van der Waals surface area (Å²) in [6.45, 7) is 8.10. The summed E-state index contributed by atoms with van der Waals surface area (Å²) in [6, 6.07) is 0. The van der Waals surface area contributed by atoms with E-state index in [0.717, 1.165) is 5.57 Å². The number of carbonyl (C=O) groups is 2. The Morgan fingerprint density at radius 3 is 1.87 bits per heavy atom. The maximum atomic E-state index is 14.8. The van der Waals surface area contributed by atoms with Gasteiger partial charge in [-0.05, 0) is 98.7 Å². The summed E-state index contributed by atoms with van der Waals surface area (Å²) in [5.41, 5.74) is -3.81. The summed E-state index contributed by atoms with van der Waals surface area (Å²) >= 11 is 0. The molecular formula is C48H76O21. The fraction of sp³-hybridized carbons (Fsp3) is 0.917. The molecule has 12 N–H and O–H groups in total. The molecule has 2 unspecified atom stereocenters. The Labute approximate surface area is 401 Å². The number of methoxy groups -OCH3 is 1. The van der Waals surface area contributed by atoms with Crippen molar-refractivity contribution in [2.75, 3.05) is 33.5 Å². The highest BCUT2D eigenvalue weighted by Crippen LogP contribution is 2.76. The normalized spacial score (nSPS) is 54.2. The van der Waals surface area contributed by atoms with Crippen LogP contribution in [-0.2, 0) is 42.7 Å². The first-order chi connectivity index (χ1) is 32.4. The van der Waals surface area contributed by atoms with Crippen LogP contribution in [0.2, 0.25) is 0 Å². The van der Waals surface area contributed by atoms with E-state index in [1.807, 2.05) is 13.8 Å². The summed E-state index contributed by atoms with van der Waals surface area (Å²) in [6.07, 6.45) is -18.7. The van der Waals surface area contributed by atoms with Gasteiger partial charge in [0.15, 0.2) is 12.6 Å². The molecule has 21 heteroatoms. The Morgan fingerprint density at radius 1 is 0.667 bits per heavy atom. The third-order valence-electron chi connectivity index (χ3n) is 19.5. The summed E-state index contributed by atoms with van der Waals surface area (Å²) in [7, 11) is 1.34. The lowest BCUT2D eigenvalue weighted by atomic mass is 9.33. The van der Waals surface area contributed by atoms with Crippen molar-refractivity contribution in [1.29, 1.82) is 0 Å². The van der Waals surface area contributed by atoms with Crippen molar-refractivity contribution in [3.05, 3.63) is 11.6 Å². The molecule has 5 aliphatic carbocycles. The van der Waals surface area contributed by atoms with E-state index in [2.05, 4.69) is 26.8 Å². The standard InChI is InChI=1S/C48H76O21/c1-43(41(61)63-6)11-13-48(42(62)69-40-36(60)33(57)30(54)25(18-50)66-40)14-12-46(4)21(22(48)15-43)7-8-28-44(2)16-23(52)37(45(3,20-51)27(44)9-10-47(28,46)5)68-38-34(58)31(55)26(19-64-38)67-39-35(59)32(56)29(53)24(17-49)65-39/h7,22-40,49-60H,8-20H2,1-6H3/t22-,23-,24+,25+,26+,27?,28?,29+,30+,31-,32-,33-,34+,35+,36+,37-,38-,39-,40-,43-,44-,45-,46+,47+,48-/m0/s1. The highest BCUT2D eigenvalue weighted by molar-refractivity contribution is 5.81. The number of aliphatic hydroxyl groups is 12. The highest BCUT2D eigenvalue weighted by atomic mass is 16.7. The Balaban J connectivity index is 1.04. The topological polar surface area (TPSA) is 342 Å². The van der Waals surface area contributed by atoms with Gasteiger partial charge in [-0.2, -0.15) is 0 Å². The third-order valence-corrected chi connectivity index (χ3v) is 19.5. The molecule has 0 bridgehead atoms. The van der Waals surface area contributed by atoms with Gasteiger partial charge in [0.25, 0.3) is 0 Å². The molecule has 0 amide bonds. The molecule has 4 saturated carbocycles. The molecule has 7 fully saturated rings. The van der Waals surface area contributed by atoms with Crippen LogP contribution in [0.5, 0.6) is 0 Å². The molecule has 3 heterocycles. The second-order valence-electron chi connectivity index (χ2n) is 22.9. The van der Waals surface area contributed by atoms with E-state index in [1.54, 1.807) is 0 Å². The third kappa shape index (κ3) is 8.16. The van der Waals surface area contributed by atoms with Crippen LogP contribution in [0.1, 0.15) is 92.4 Å². The monoisotopic (exact) mass is 988 g/mol. The molecule has 0 aromatic heterocycles. The maximum Gasteiger partial charge on any atom is 0.315 e. The molecule has 0 aromatic rings. The number of rotatable bonds is 10. The number of allylic oxidation sites excluding steroid dienone is 2. The highest BCUT2D eigenvalue weighted by Gasteiger charge is 2.72. The van der Waals surface area contributed by atoms with Crippen molar-refractivity contribution in [3.63, 3.8) is 0 Å². The second-order valence-corrected chi connectivity index (χ2v) is 22.9. The number of carbonyl (C=O) groups excluding carboxylic acids is 2. The van der Waals surface area contributed by atoms with Crippen LogP contribution in [0, 0.1) is 50.2 Å². The molecule has 0 radical (unpaired) electrons. The van der Waals surface area contributed by atoms with Gasteiger partial charge in [0.05, 0.1) is 56.6 Å². The summed E-state index contributed by atoms with van der Waals surface area (Å²) in [5.74, 6) is -1.90. The summed E-state index contributed by atoms with van der Waals surface area (Å²) in [5, 5.41) is 128. The zero-order chi connectivity index (χ0) is 50.6. The summed E-state index contributed by atoms with van der Waals surface area (Å²) < 4.78 is 40.3. The lowest BCUT2D eigenvalue weighted by Crippen LogP contribution is -2.69. The maximum absolute atomic E-state index is 14.8. The first-order valence-corrected chi connectivity index (χ1v) is 24.5. The predicted octanol–water partition coefficient (Wildman–Crippen LogP) is -2.12. The Kier molecular flexibility index (Phi) is 14.7. The van der Waals surface area contributed by atoms with Crippen LogP contribution in [0.15, 0.2) is 11.6 Å². The number of hydrogen-bond donors (Lipinski definition) is 12. The lowest BCUT2D eigenvalue weighted by Gasteiger charge is -2.71. The molecule has 25 atom stereocenters. The number of hydrogen-bond acceptors (Lipinski definition) is 21. The van der Waals surface area contributed by atoms with Gasteiger partial charge >= 0.3 is 11.9 Å². The quantitative estimate of drug-likeness (QED) is 0.0632. The second kappa shape index (κ2) is 19.0. The average molecular weight is 989 g/mol. The van der Waals surface area contributed by atoms with Gasteiger partial charge in [0.1, 0.15) is 67.1 Å². The van der Waals surface area contributed by atoms with Gasteiger partial charge in [-0.15, -0.1) is 0 Å². The number of esters is 2. The van der Waals surface area contributed by atoms with Gasteiger partial charge in [0, 0.05) is 5.41 Å². The van der Waals surface area contributed by atoms with Gasteiger partial charge in [0.2, 0.25) is 6.29 Å². The zero-order valence-corrected chi connectivity index (χ0v) is 40.3. The molecule has 21 nitrogen and oxygen atoms in total. The Bertz CT molecular complexity index is 1920. The molecule has 69 heavy (non-hydrogen) atoms. The van der Waals surface area contributed by atoms with E-state index in [-0.39, 0.29) is 31.1 Å². The van der Waals surface area contributed by atoms with Crippen LogP contribution in [-0.4, -0.2) is 205 Å².